The van der Waals surface area contributed by atoms with Crippen molar-refractivity contribution in [2.45, 2.75) is 18.4 Å². The number of nitrogens with one attached hydrogen (secondary N) is 2. The number of methoxy groups -OCH3 is 2. The average Bonchev–Trinajstić information content (AvgIpc) is 3.10. The fourth-order valence-corrected chi connectivity index (χ4v) is 4.74. The van der Waals surface area contributed by atoms with Gasteiger partial charge in [-0.2, -0.15) is 9.40 Å². The second kappa shape index (κ2) is 9.23. The second-order valence-electron chi connectivity index (χ2n) is 6.95. The van der Waals surface area contributed by atoms with Gasteiger partial charge in [0.15, 0.2) is 0 Å². The standard InChI is InChI=1S/C20H23ClN4O5S/c1-12-7-14-16(11-29-3)23-24-20(14)18(8-12)31(27,28)25(2)10-19(26)22-13-5-6-17(30-4)15(21)9-13/h5-9H,10-11H2,1-4H3,(H,22,26)(H,23,24). The van der Waals surface area contributed by atoms with Crippen LogP contribution in [-0.2, 0) is 26.2 Å². The van der Waals surface area contributed by atoms with Gasteiger partial charge in [-0.25, -0.2) is 8.42 Å². The number of aryl methyl sites for hydroxylation is 1. The molecule has 3 rings (SSSR count). The number of fused-ring (bicyclic) bond motifs is 1. The highest BCUT2D eigenvalue weighted by atomic mass is 35.5. The average molecular weight is 467 g/mol. The number of aromatic amines is 1. The topological polar surface area (TPSA) is 114 Å². The van der Waals surface area contributed by atoms with Gasteiger partial charge in [0.25, 0.3) is 0 Å². The molecule has 1 heterocycles. The van der Waals surface area contributed by atoms with E-state index in [1.807, 2.05) is 6.07 Å². The van der Waals surface area contributed by atoms with Crippen molar-refractivity contribution in [2.75, 3.05) is 33.1 Å². The Bertz CT molecular complexity index is 1230. The first-order chi connectivity index (χ1) is 14.7. The van der Waals surface area contributed by atoms with E-state index in [2.05, 4.69) is 15.5 Å². The lowest BCUT2D eigenvalue weighted by Crippen LogP contribution is -2.35. The SMILES string of the molecule is COCc1[nH]nc2c(S(=O)(=O)N(C)CC(=O)Nc3ccc(OC)c(Cl)c3)cc(C)cc12. The number of carbonyl (C=O) groups excluding carboxylic acids is 1. The molecular formula is C20H23ClN4O5S. The lowest BCUT2D eigenvalue weighted by Gasteiger charge is -2.18. The van der Waals surface area contributed by atoms with Crippen LogP contribution in [0.4, 0.5) is 5.69 Å². The van der Waals surface area contributed by atoms with E-state index < -0.39 is 22.5 Å². The number of rotatable bonds is 8. The molecule has 0 saturated carbocycles. The molecule has 1 amide bonds. The Kier molecular flexibility index (Phi) is 6.85. The maximum atomic E-state index is 13.2. The van der Waals surface area contributed by atoms with Crippen molar-refractivity contribution in [3.63, 3.8) is 0 Å². The van der Waals surface area contributed by atoms with Crippen LogP contribution < -0.4 is 10.1 Å². The maximum Gasteiger partial charge on any atom is 0.245 e. The minimum Gasteiger partial charge on any atom is -0.495 e. The summed E-state index contributed by atoms with van der Waals surface area (Å²) in [5.41, 5.74) is 2.15. The third-order valence-corrected chi connectivity index (χ3v) is 6.74. The molecule has 0 radical (unpaired) electrons. The number of likely N-dealkylation sites (N-methyl/N-ethyl adjacent to an activating group) is 1. The third-order valence-electron chi connectivity index (χ3n) is 4.63. The zero-order valence-electron chi connectivity index (χ0n) is 17.5. The molecular weight excluding hydrogens is 444 g/mol. The van der Waals surface area contributed by atoms with Crippen LogP contribution in [0, 0.1) is 6.92 Å². The smallest absolute Gasteiger partial charge is 0.245 e. The van der Waals surface area contributed by atoms with Crippen molar-refractivity contribution < 1.29 is 22.7 Å². The molecule has 166 valence electrons. The number of hydrogen-bond acceptors (Lipinski definition) is 6. The lowest BCUT2D eigenvalue weighted by molar-refractivity contribution is -0.116. The highest BCUT2D eigenvalue weighted by Crippen LogP contribution is 2.29. The summed E-state index contributed by atoms with van der Waals surface area (Å²) in [5.74, 6) is -0.0482. The van der Waals surface area contributed by atoms with Crippen molar-refractivity contribution in [1.82, 2.24) is 14.5 Å². The number of ether oxygens (including phenoxy) is 2. The normalized spacial score (nSPS) is 11.8. The van der Waals surface area contributed by atoms with Crippen LogP contribution in [-0.4, -0.2) is 56.6 Å². The van der Waals surface area contributed by atoms with Gasteiger partial charge in [0.2, 0.25) is 15.9 Å². The summed E-state index contributed by atoms with van der Waals surface area (Å²) in [6, 6.07) is 8.12. The van der Waals surface area contributed by atoms with Crippen LogP contribution in [0.1, 0.15) is 11.3 Å². The van der Waals surface area contributed by atoms with Gasteiger partial charge in [-0.1, -0.05) is 11.6 Å². The van der Waals surface area contributed by atoms with E-state index in [1.165, 1.54) is 26.3 Å². The fraction of sp³-hybridized carbons (Fsp3) is 0.300. The molecule has 3 aromatic rings. The molecule has 0 spiro atoms. The molecule has 11 heteroatoms. The van der Waals surface area contributed by atoms with Gasteiger partial charge in [0, 0.05) is 25.2 Å². The summed E-state index contributed by atoms with van der Waals surface area (Å²) < 4.78 is 37.6. The molecule has 0 aliphatic rings. The van der Waals surface area contributed by atoms with Gasteiger partial charge >= 0.3 is 0 Å². The zero-order chi connectivity index (χ0) is 22.8. The first kappa shape index (κ1) is 23.0. The number of sulfonamides is 1. The lowest BCUT2D eigenvalue weighted by atomic mass is 10.1. The van der Waals surface area contributed by atoms with Crippen LogP contribution in [0.2, 0.25) is 5.02 Å². The van der Waals surface area contributed by atoms with Crippen LogP contribution in [0.25, 0.3) is 10.9 Å². The predicted octanol–water partition coefficient (Wildman–Crippen LogP) is 2.94. The number of benzene rings is 2. The summed E-state index contributed by atoms with van der Waals surface area (Å²) in [6.45, 7) is 1.67. The largest absolute Gasteiger partial charge is 0.495 e. The summed E-state index contributed by atoms with van der Waals surface area (Å²) in [5, 5.41) is 10.6. The number of anilines is 1. The van der Waals surface area contributed by atoms with E-state index >= 15 is 0 Å². The molecule has 0 aliphatic heterocycles. The van der Waals surface area contributed by atoms with Crippen LogP contribution in [0.15, 0.2) is 35.2 Å². The summed E-state index contributed by atoms with van der Waals surface area (Å²) in [6.07, 6.45) is 0. The van der Waals surface area contributed by atoms with Gasteiger partial charge < -0.3 is 14.8 Å². The van der Waals surface area contributed by atoms with E-state index in [-0.39, 0.29) is 11.5 Å². The van der Waals surface area contributed by atoms with Crippen LogP contribution >= 0.6 is 11.6 Å². The van der Waals surface area contributed by atoms with Crippen LogP contribution in [0.5, 0.6) is 5.75 Å². The summed E-state index contributed by atoms with van der Waals surface area (Å²) in [7, 11) is 0.377. The third kappa shape index (κ3) is 4.82. The number of aromatic nitrogens is 2. The van der Waals surface area contributed by atoms with Crippen molar-refractivity contribution in [3.05, 3.63) is 46.6 Å². The van der Waals surface area contributed by atoms with E-state index in [9.17, 15) is 13.2 Å². The molecule has 0 bridgehead atoms. The Morgan fingerprint density at radius 1 is 1.26 bits per heavy atom. The number of carbonyl (C=O) groups is 1. The second-order valence-corrected chi connectivity index (χ2v) is 9.37. The molecule has 0 atom stereocenters. The Balaban J connectivity index is 1.83. The first-order valence-corrected chi connectivity index (χ1v) is 11.1. The highest BCUT2D eigenvalue weighted by molar-refractivity contribution is 7.89. The Morgan fingerprint density at radius 2 is 2.00 bits per heavy atom. The molecule has 0 saturated heterocycles. The van der Waals surface area contributed by atoms with Gasteiger partial charge in [-0.05, 0) is 42.8 Å². The van der Waals surface area contributed by atoms with Crippen molar-refractivity contribution >= 4 is 44.1 Å². The zero-order valence-corrected chi connectivity index (χ0v) is 19.1. The quantitative estimate of drug-likeness (QED) is 0.527. The molecule has 2 aromatic carbocycles. The fourth-order valence-electron chi connectivity index (χ4n) is 3.13. The Labute approximate surface area is 185 Å². The maximum absolute atomic E-state index is 13.2. The van der Waals surface area contributed by atoms with Crippen molar-refractivity contribution in [3.8, 4) is 5.75 Å². The molecule has 0 unspecified atom stereocenters. The van der Waals surface area contributed by atoms with Gasteiger partial charge in [-0.3, -0.25) is 9.89 Å². The number of amides is 1. The molecule has 2 N–H and O–H groups in total. The molecule has 0 aliphatic carbocycles. The molecule has 1 aromatic heterocycles. The Morgan fingerprint density at radius 3 is 2.65 bits per heavy atom. The minimum absolute atomic E-state index is 0.0175. The summed E-state index contributed by atoms with van der Waals surface area (Å²) >= 11 is 6.06. The van der Waals surface area contributed by atoms with Gasteiger partial charge in [0.1, 0.15) is 16.2 Å². The van der Waals surface area contributed by atoms with Crippen molar-refractivity contribution in [1.29, 1.82) is 0 Å². The first-order valence-electron chi connectivity index (χ1n) is 9.23. The molecule has 9 nitrogen and oxygen atoms in total. The minimum atomic E-state index is -3.99. The molecule has 0 fully saturated rings. The van der Waals surface area contributed by atoms with E-state index in [0.717, 1.165) is 9.87 Å². The molecule has 31 heavy (non-hydrogen) atoms. The highest BCUT2D eigenvalue weighted by Gasteiger charge is 2.27. The van der Waals surface area contributed by atoms with E-state index in [0.29, 0.717) is 33.1 Å². The predicted molar refractivity (Wildman–Crippen MR) is 118 cm³/mol. The Hall–Kier alpha value is -2.66. The van der Waals surface area contributed by atoms with E-state index in [1.54, 1.807) is 26.2 Å². The number of hydrogen-bond donors (Lipinski definition) is 2. The number of halogens is 1. The van der Waals surface area contributed by atoms with Gasteiger partial charge in [0.05, 0.1) is 31.0 Å². The number of H-pyrrole nitrogens is 1. The van der Waals surface area contributed by atoms with Gasteiger partial charge in [-0.15, -0.1) is 0 Å². The van der Waals surface area contributed by atoms with Crippen LogP contribution in [0.3, 0.4) is 0 Å². The summed E-state index contributed by atoms with van der Waals surface area (Å²) in [4.78, 5) is 12.5. The van der Waals surface area contributed by atoms with E-state index in [4.69, 9.17) is 21.1 Å². The number of nitrogens with zero attached hydrogens (tertiary/aromatic N) is 2. The van der Waals surface area contributed by atoms with Crippen molar-refractivity contribution in [2.24, 2.45) is 0 Å². The monoisotopic (exact) mass is 466 g/mol.